The maximum absolute atomic E-state index is 13.3. The number of imide groups is 1. The quantitative estimate of drug-likeness (QED) is 0.116. The molecule has 206 valence electrons. The number of aryl methyl sites for hydroxylation is 1. The zero-order chi connectivity index (χ0) is 29.5. The molecule has 0 bridgehead atoms. The number of anilines is 1. The van der Waals surface area contributed by atoms with Gasteiger partial charge in [0.05, 0.1) is 38.6 Å². The van der Waals surface area contributed by atoms with Crippen molar-refractivity contribution in [2.75, 3.05) is 11.5 Å². The van der Waals surface area contributed by atoms with Crippen LogP contribution in [0.1, 0.15) is 47.0 Å². The minimum absolute atomic E-state index is 0.167. The average molecular weight is 595 g/mol. The van der Waals surface area contributed by atoms with Crippen LogP contribution in [-0.4, -0.2) is 35.2 Å². The topological polar surface area (TPSA) is 93.6 Å². The largest absolute Gasteiger partial charge is 0.454 e. The Hall–Kier alpha value is -4.85. The van der Waals surface area contributed by atoms with Crippen LogP contribution in [0.2, 0.25) is 10.0 Å². The number of carbonyl (C=O) groups is 4. The van der Waals surface area contributed by atoms with Crippen molar-refractivity contribution in [1.29, 1.82) is 0 Å². The van der Waals surface area contributed by atoms with Gasteiger partial charge in [0, 0.05) is 21.5 Å². The highest BCUT2D eigenvalue weighted by atomic mass is 35.5. The molecule has 0 aliphatic carbocycles. The van der Waals surface area contributed by atoms with Gasteiger partial charge in [-0.1, -0.05) is 65.7 Å². The Balaban J connectivity index is 1.30. The minimum atomic E-state index is -0.699. The van der Waals surface area contributed by atoms with Gasteiger partial charge >= 0.3 is 5.97 Å². The molecule has 2 heterocycles. The number of ketones is 1. The Bertz CT molecular complexity index is 1920. The van der Waals surface area contributed by atoms with Crippen LogP contribution in [-0.2, 0) is 4.74 Å². The van der Waals surface area contributed by atoms with E-state index >= 15 is 0 Å². The summed E-state index contributed by atoms with van der Waals surface area (Å²) in [4.78, 5) is 57.7. The fourth-order valence-electron chi connectivity index (χ4n) is 4.92. The SMILES string of the molecule is Cc1cccc2c(C(=O)OCC(=O)c3ccc(Cl)cc3Cl)cc(-c3ccc(N4C(=O)c5ccccc5C4=O)cc3)nc12. The monoisotopic (exact) mass is 594 g/mol. The predicted molar refractivity (Wildman–Crippen MR) is 161 cm³/mol. The molecule has 0 spiro atoms. The lowest BCUT2D eigenvalue weighted by molar-refractivity contribution is 0.0476. The molecule has 0 unspecified atom stereocenters. The molecule has 0 fully saturated rings. The second-order valence-corrected chi connectivity index (χ2v) is 10.5. The van der Waals surface area contributed by atoms with Crippen LogP contribution in [0, 0.1) is 6.92 Å². The molecule has 6 rings (SSSR count). The summed E-state index contributed by atoms with van der Waals surface area (Å²) in [5, 5.41) is 1.13. The summed E-state index contributed by atoms with van der Waals surface area (Å²) in [6, 6.07) is 25.0. The number of esters is 1. The first-order valence-corrected chi connectivity index (χ1v) is 13.6. The fraction of sp³-hybridized carbons (Fsp3) is 0.0606. The number of aromatic nitrogens is 1. The second kappa shape index (κ2) is 10.9. The summed E-state index contributed by atoms with van der Waals surface area (Å²) in [6.07, 6.45) is 0. The van der Waals surface area contributed by atoms with Crippen molar-refractivity contribution in [3.8, 4) is 11.3 Å². The summed E-state index contributed by atoms with van der Waals surface area (Å²) in [6.45, 7) is 1.37. The van der Waals surface area contributed by atoms with E-state index in [0.29, 0.717) is 44.0 Å². The lowest BCUT2D eigenvalue weighted by Crippen LogP contribution is -2.29. The van der Waals surface area contributed by atoms with E-state index in [-0.39, 0.29) is 28.0 Å². The van der Waals surface area contributed by atoms with Crippen molar-refractivity contribution in [2.45, 2.75) is 6.92 Å². The number of nitrogens with zero attached hydrogens (tertiary/aromatic N) is 2. The fourth-order valence-corrected chi connectivity index (χ4v) is 5.43. The first kappa shape index (κ1) is 27.3. The van der Waals surface area contributed by atoms with E-state index in [4.69, 9.17) is 32.9 Å². The smallest absolute Gasteiger partial charge is 0.339 e. The van der Waals surface area contributed by atoms with Gasteiger partial charge in [0.25, 0.3) is 11.8 Å². The Morgan fingerprint density at radius 3 is 2.17 bits per heavy atom. The van der Waals surface area contributed by atoms with Crippen molar-refractivity contribution in [1.82, 2.24) is 4.98 Å². The summed E-state index contributed by atoms with van der Waals surface area (Å²) in [5.74, 6) is -1.94. The van der Waals surface area contributed by atoms with Crippen LogP contribution in [0.25, 0.3) is 22.2 Å². The zero-order valence-corrected chi connectivity index (χ0v) is 23.6. The molecule has 7 nitrogen and oxygen atoms in total. The number of halogens is 2. The number of pyridine rings is 1. The minimum Gasteiger partial charge on any atom is -0.454 e. The molecule has 0 atom stereocenters. The van der Waals surface area contributed by atoms with E-state index in [0.717, 1.165) is 10.5 Å². The number of rotatable bonds is 6. The van der Waals surface area contributed by atoms with E-state index in [1.54, 1.807) is 60.7 Å². The lowest BCUT2D eigenvalue weighted by Gasteiger charge is -2.15. The molecule has 0 radical (unpaired) electrons. The zero-order valence-electron chi connectivity index (χ0n) is 22.1. The molecule has 0 saturated carbocycles. The third kappa shape index (κ3) is 4.83. The number of Topliss-reactive ketones (excluding diaryl/α,β-unsaturated/α-hetero) is 1. The number of hydrogen-bond acceptors (Lipinski definition) is 6. The van der Waals surface area contributed by atoms with E-state index in [1.807, 2.05) is 19.1 Å². The molecule has 0 saturated heterocycles. The maximum atomic E-state index is 13.3. The van der Waals surface area contributed by atoms with Crippen LogP contribution >= 0.6 is 23.2 Å². The number of amides is 2. The van der Waals surface area contributed by atoms with Crippen molar-refractivity contribution >= 4 is 63.4 Å². The standard InChI is InChI=1S/C33H20Cl2N2O5/c1-18-5-4-8-22-26(33(41)42-17-29(38)25-14-11-20(34)15-27(25)35)16-28(36-30(18)22)19-9-12-21(13-10-19)37-31(39)23-6-2-3-7-24(23)32(37)40/h2-16H,17H2,1H3. The van der Waals surface area contributed by atoms with E-state index < -0.39 is 18.4 Å². The third-order valence-electron chi connectivity index (χ3n) is 7.04. The second-order valence-electron chi connectivity index (χ2n) is 9.69. The average Bonchev–Trinajstić information content (AvgIpc) is 3.25. The van der Waals surface area contributed by atoms with E-state index in [9.17, 15) is 19.2 Å². The lowest BCUT2D eigenvalue weighted by atomic mass is 10.0. The Morgan fingerprint density at radius 2 is 1.50 bits per heavy atom. The predicted octanol–water partition coefficient (Wildman–Crippen LogP) is 7.36. The van der Waals surface area contributed by atoms with Crippen LogP contribution in [0.3, 0.4) is 0 Å². The van der Waals surface area contributed by atoms with Crippen LogP contribution in [0.5, 0.6) is 0 Å². The van der Waals surface area contributed by atoms with Crippen molar-refractivity contribution in [3.05, 3.63) is 129 Å². The van der Waals surface area contributed by atoms with Gasteiger partial charge in [0.1, 0.15) is 0 Å². The van der Waals surface area contributed by atoms with Gasteiger partial charge < -0.3 is 4.74 Å². The highest BCUT2D eigenvalue weighted by molar-refractivity contribution is 6.37. The maximum Gasteiger partial charge on any atom is 0.339 e. The molecule has 1 aliphatic heterocycles. The highest BCUT2D eigenvalue weighted by Gasteiger charge is 2.36. The third-order valence-corrected chi connectivity index (χ3v) is 7.59. The van der Waals surface area contributed by atoms with Crippen LogP contribution in [0.4, 0.5) is 5.69 Å². The molecular formula is C33H20Cl2N2O5. The molecular weight excluding hydrogens is 575 g/mol. The first-order chi connectivity index (χ1) is 20.2. The summed E-state index contributed by atoms with van der Waals surface area (Å²) in [5.41, 5.74) is 4.13. The van der Waals surface area contributed by atoms with Crippen LogP contribution < -0.4 is 4.90 Å². The van der Waals surface area contributed by atoms with Gasteiger partial charge in [-0.25, -0.2) is 14.7 Å². The molecule has 5 aromatic rings. The van der Waals surface area contributed by atoms with Gasteiger partial charge in [-0.05, 0) is 61.0 Å². The van der Waals surface area contributed by atoms with Crippen molar-refractivity contribution < 1.29 is 23.9 Å². The van der Waals surface area contributed by atoms with Gasteiger partial charge in [0.2, 0.25) is 5.78 Å². The van der Waals surface area contributed by atoms with E-state index in [1.165, 1.54) is 18.2 Å². The van der Waals surface area contributed by atoms with Gasteiger partial charge in [0.15, 0.2) is 6.61 Å². The number of hydrogen-bond donors (Lipinski definition) is 0. The molecule has 2 amide bonds. The van der Waals surface area contributed by atoms with Gasteiger partial charge in [-0.2, -0.15) is 0 Å². The summed E-state index contributed by atoms with van der Waals surface area (Å²) in [7, 11) is 0. The highest BCUT2D eigenvalue weighted by Crippen LogP contribution is 2.32. The summed E-state index contributed by atoms with van der Waals surface area (Å²) >= 11 is 12.1. The molecule has 42 heavy (non-hydrogen) atoms. The number of para-hydroxylation sites is 1. The molecule has 9 heteroatoms. The summed E-state index contributed by atoms with van der Waals surface area (Å²) < 4.78 is 5.42. The molecule has 1 aliphatic rings. The van der Waals surface area contributed by atoms with Crippen LogP contribution in [0.15, 0.2) is 91.0 Å². The normalized spacial score (nSPS) is 12.5. The van der Waals surface area contributed by atoms with Gasteiger partial charge in [-0.15, -0.1) is 0 Å². The number of ether oxygens (including phenoxy) is 1. The van der Waals surface area contributed by atoms with E-state index in [2.05, 4.69) is 0 Å². The van der Waals surface area contributed by atoms with Gasteiger partial charge in [-0.3, -0.25) is 14.4 Å². The number of fused-ring (bicyclic) bond motifs is 2. The van der Waals surface area contributed by atoms with Crippen molar-refractivity contribution in [2.24, 2.45) is 0 Å². The number of benzene rings is 4. The first-order valence-electron chi connectivity index (χ1n) is 12.9. The molecule has 0 N–H and O–H groups in total. The Kier molecular flexibility index (Phi) is 7.06. The van der Waals surface area contributed by atoms with Crippen molar-refractivity contribution in [3.63, 3.8) is 0 Å². The molecule has 1 aromatic heterocycles. The Labute approximate surface area is 250 Å². The molecule has 4 aromatic carbocycles. The number of carbonyl (C=O) groups excluding carboxylic acids is 4. The Morgan fingerprint density at radius 1 is 0.810 bits per heavy atom.